The highest BCUT2D eigenvalue weighted by atomic mass is 16.6. The third-order valence-electron chi connectivity index (χ3n) is 6.23. The van der Waals surface area contributed by atoms with Crippen molar-refractivity contribution in [2.24, 2.45) is 0 Å². The van der Waals surface area contributed by atoms with E-state index in [1.165, 1.54) is 45.8 Å². The largest absolute Gasteiger partial charge is 0.465 e. The molecule has 6 nitrogen and oxygen atoms in total. The van der Waals surface area contributed by atoms with Crippen molar-refractivity contribution in [3.63, 3.8) is 0 Å². The Balaban J connectivity index is 4.58. The van der Waals surface area contributed by atoms with Crippen molar-refractivity contribution in [2.75, 3.05) is 6.61 Å². The fourth-order valence-corrected chi connectivity index (χ4v) is 3.84. The number of carbonyl (C=O) groups excluding carboxylic acids is 3. The van der Waals surface area contributed by atoms with Crippen molar-refractivity contribution >= 4 is 17.9 Å². The number of ether oxygens (including phenoxy) is 3. The van der Waals surface area contributed by atoms with Crippen molar-refractivity contribution in [2.45, 2.75) is 125 Å². The molecule has 0 aliphatic heterocycles. The first-order valence-electron chi connectivity index (χ1n) is 16.3. The lowest BCUT2D eigenvalue weighted by atomic mass is 10.0. The van der Waals surface area contributed by atoms with Crippen LogP contribution in [0.5, 0.6) is 0 Å². The first kappa shape index (κ1) is 41.1. The van der Waals surface area contributed by atoms with Gasteiger partial charge in [0.05, 0.1) is 12.9 Å². The molecule has 0 rings (SSSR count). The molecule has 6 heteroatoms. The second-order valence-corrected chi connectivity index (χ2v) is 11.0. The first-order chi connectivity index (χ1) is 21.6. The van der Waals surface area contributed by atoms with Gasteiger partial charge in [0, 0.05) is 38.7 Å². The zero-order chi connectivity index (χ0) is 33.5. The maximum Gasteiger partial charge on any atom is 0.307 e. The van der Waals surface area contributed by atoms with E-state index in [-0.39, 0.29) is 19.0 Å². The quantitative estimate of drug-likeness (QED) is 0.0299. The van der Waals surface area contributed by atoms with Gasteiger partial charge in [0.2, 0.25) is 0 Å². The Hall–Kier alpha value is -3.85. The molecule has 0 saturated carbocycles. The SMILES string of the molecule is CCCCC/C=C/C/C=C/C/C=C/C/C=C/CCCC(=O)OCC/C(=C/OC(C)=O)C(C/C=C(\C)C#CC=C(C)C)OC(C)=O. The molecule has 0 saturated heterocycles. The van der Waals surface area contributed by atoms with Crippen LogP contribution in [0.3, 0.4) is 0 Å². The number of hydrogen-bond donors (Lipinski definition) is 0. The molecule has 0 radical (unpaired) electrons. The van der Waals surface area contributed by atoms with E-state index in [0.717, 1.165) is 36.8 Å². The normalized spacial score (nSPS) is 12.8. The maximum absolute atomic E-state index is 12.3. The molecule has 0 aromatic carbocycles. The summed E-state index contributed by atoms with van der Waals surface area (Å²) in [6.07, 6.45) is 31.9. The highest BCUT2D eigenvalue weighted by molar-refractivity contribution is 5.69. The average Bonchev–Trinajstić information content (AvgIpc) is 2.98. The van der Waals surface area contributed by atoms with Crippen molar-refractivity contribution < 1.29 is 28.6 Å². The predicted molar refractivity (Wildman–Crippen MR) is 185 cm³/mol. The van der Waals surface area contributed by atoms with E-state index in [0.29, 0.717) is 24.8 Å². The second kappa shape index (κ2) is 28.9. The predicted octanol–water partition coefficient (Wildman–Crippen LogP) is 9.75. The van der Waals surface area contributed by atoms with Crippen LogP contribution in [0.25, 0.3) is 0 Å². The fourth-order valence-electron chi connectivity index (χ4n) is 3.84. The Bertz CT molecular complexity index is 1130. The molecular formula is C39H56O6. The molecule has 0 heterocycles. The molecule has 0 amide bonds. The maximum atomic E-state index is 12.3. The molecule has 0 aromatic rings. The van der Waals surface area contributed by atoms with E-state index in [4.69, 9.17) is 14.2 Å². The van der Waals surface area contributed by atoms with E-state index in [1.807, 2.05) is 32.9 Å². The van der Waals surface area contributed by atoms with Gasteiger partial charge in [0.1, 0.15) is 6.10 Å². The summed E-state index contributed by atoms with van der Waals surface area (Å²) >= 11 is 0. The van der Waals surface area contributed by atoms with Gasteiger partial charge in [0.25, 0.3) is 0 Å². The van der Waals surface area contributed by atoms with Gasteiger partial charge in [-0.15, -0.1) is 0 Å². The highest BCUT2D eigenvalue weighted by Crippen LogP contribution is 2.18. The number of rotatable bonds is 22. The molecule has 45 heavy (non-hydrogen) atoms. The van der Waals surface area contributed by atoms with E-state index in [2.05, 4.69) is 67.4 Å². The van der Waals surface area contributed by atoms with Gasteiger partial charge in [-0.25, -0.2) is 0 Å². The lowest BCUT2D eigenvalue weighted by molar-refractivity contribution is -0.146. The van der Waals surface area contributed by atoms with Gasteiger partial charge in [-0.3, -0.25) is 14.4 Å². The number of hydrogen-bond acceptors (Lipinski definition) is 6. The van der Waals surface area contributed by atoms with Crippen molar-refractivity contribution in [1.82, 2.24) is 0 Å². The summed E-state index contributed by atoms with van der Waals surface area (Å²) in [4.78, 5) is 35.5. The minimum Gasteiger partial charge on any atom is -0.465 e. The number of carbonyl (C=O) groups is 3. The third kappa shape index (κ3) is 28.7. The van der Waals surface area contributed by atoms with Crippen molar-refractivity contribution in [1.29, 1.82) is 0 Å². The molecule has 0 aliphatic rings. The Morgan fingerprint density at radius 2 is 1.33 bits per heavy atom. The Kier molecular flexibility index (Phi) is 26.4. The van der Waals surface area contributed by atoms with Gasteiger partial charge in [0.15, 0.2) is 0 Å². The lowest BCUT2D eigenvalue weighted by Gasteiger charge is -2.19. The van der Waals surface area contributed by atoms with Crippen LogP contribution in [-0.4, -0.2) is 30.6 Å². The second-order valence-electron chi connectivity index (χ2n) is 11.0. The molecule has 0 spiro atoms. The smallest absolute Gasteiger partial charge is 0.307 e. The van der Waals surface area contributed by atoms with Crippen LogP contribution in [0.15, 0.2) is 83.7 Å². The molecule has 0 N–H and O–H groups in total. The summed E-state index contributed by atoms with van der Waals surface area (Å²) in [6.45, 7) is 10.7. The van der Waals surface area contributed by atoms with Gasteiger partial charge < -0.3 is 14.2 Å². The Labute approximate surface area is 273 Å². The van der Waals surface area contributed by atoms with E-state index < -0.39 is 18.0 Å². The molecule has 0 aromatic heterocycles. The summed E-state index contributed by atoms with van der Waals surface area (Å²) < 4.78 is 16.0. The molecule has 0 aliphatic carbocycles. The Morgan fingerprint density at radius 3 is 1.89 bits per heavy atom. The minimum absolute atomic E-state index is 0.0805. The summed E-state index contributed by atoms with van der Waals surface area (Å²) in [5.74, 6) is 4.74. The van der Waals surface area contributed by atoms with Crippen LogP contribution in [0, 0.1) is 11.8 Å². The summed E-state index contributed by atoms with van der Waals surface area (Å²) in [5, 5.41) is 0. The zero-order valence-electron chi connectivity index (χ0n) is 28.6. The summed E-state index contributed by atoms with van der Waals surface area (Å²) in [6, 6.07) is 0. The Morgan fingerprint density at radius 1 is 0.733 bits per heavy atom. The van der Waals surface area contributed by atoms with Crippen LogP contribution >= 0.6 is 0 Å². The number of unbranched alkanes of at least 4 members (excludes halogenated alkanes) is 4. The van der Waals surface area contributed by atoms with Crippen LogP contribution in [-0.2, 0) is 28.6 Å². The molecule has 1 atom stereocenters. The van der Waals surface area contributed by atoms with Crippen molar-refractivity contribution in [3.05, 3.63) is 83.7 Å². The van der Waals surface area contributed by atoms with E-state index >= 15 is 0 Å². The van der Waals surface area contributed by atoms with Crippen molar-refractivity contribution in [3.8, 4) is 11.8 Å². The van der Waals surface area contributed by atoms with Crippen LogP contribution in [0.4, 0.5) is 0 Å². The minimum atomic E-state index is -0.682. The average molecular weight is 621 g/mol. The topological polar surface area (TPSA) is 78.9 Å². The van der Waals surface area contributed by atoms with Gasteiger partial charge >= 0.3 is 17.9 Å². The van der Waals surface area contributed by atoms with E-state index in [1.54, 1.807) is 0 Å². The first-order valence-corrected chi connectivity index (χ1v) is 16.3. The molecule has 0 fully saturated rings. The van der Waals surface area contributed by atoms with Gasteiger partial charge in [-0.1, -0.05) is 91.9 Å². The lowest BCUT2D eigenvalue weighted by Crippen LogP contribution is -2.20. The number of allylic oxidation sites excluding steroid dienone is 11. The molecule has 0 bridgehead atoms. The summed E-state index contributed by atoms with van der Waals surface area (Å²) in [5.41, 5.74) is 2.46. The number of esters is 3. The van der Waals surface area contributed by atoms with E-state index in [9.17, 15) is 14.4 Å². The molecule has 1 unspecified atom stereocenters. The monoisotopic (exact) mass is 620 g/mol. The molecule has 248 valence electrons. The van der Waals surface area contributed by atoms with Crippen LogP contribution in [0.1, 0.15) is 119 Å². The summed E-state index contributed by atoms with van der Waals surface area (Å²) in [7, 11) is 0. The van der Waals surface area contributed by atoms with Crippen LogP contribution < -0.4 is 0 Å². The molecular weight excluding hydrogens is 564 g/mol. The van der Waals surface area contributed by atoms with Gasteiger partial charge in [-0.2, -0.15) is 0 Å². The fraction of sp³-hybridized carbons (Fsp3) is 0.513. The zero-order valence-corrected chi connectivity index (χ0v) is 28.6. The standard InChI is InChI=1S/C39H56O6/c1-7-8-9-10-11-12-13-14-15-16-17-18-19-20-21-22-23-27-39(42)43-31-30-37(32-44-35(5)40)38(45-36(6)41)29-28-34(4)26-24-25-33(2)3/h11-12,14-15,17-18,20-21,25,28,32,38H,7-10,13,16,19,22-23,27,29-31H2,1-6H3/b12-11+,15-14+,18-17+,21-20+,34-28+,37-32-. The van der Waals surface area contributed by atoms with Gasteiger partial charge in [-0.05, 0) is 77.4 Å². The third-order valence-corrected chi connectivity index (χ3v) is 6.23. The highest BCUT2D eigenvalue weighted by Gasteiger charge is 2.18. The van der Waals surface area contributed by atoms with Crippen LogP contribution in [0.2, 0.25) is 0 Å².